The predicted molar refractivity (Wildman–Crippen MR) is 114 cm³/mol. The second kappa shape index (κ2) is 7.12. The lowest BCUT2D eigenvalue weighted by molar-refractivity contribution is -0.205. The van der Waals surface area contributed by atoms with Crippen molar-refractivity contribution in [2.45, 2.75) is 72.0 Å². The van der Waals surface area contributed by atoms with E-state index in [0.717, 1.165) is 19.3 Å². The van der Waals surface area contributed by atoms with E-state index in [-0.39, 0.29) is 33.6 Å². The monoisotopic (exact) mass is 488 g/mol. The fourth-order valence-electron chi connectivity index (χ4n) is 6.69. The van der Waals surface area contributed by atoms with Crippen LogP contribution in [-0.4, -0.2) is 33.5 Å². The zero-order chi connectivity index (χ0) is 20.2. The number of Topliss-reactive ketones (excluding diaryl/α,β-unsaturated/α-hetero) is 1. The van der Waals surface area contributed by atoms with Crippen molar-refractivity contribution in [1.82, 2.24) is 0 Å². The molecule has 3 aliphatic carbocycles. The number of aliphatic hydroxyl groups excluding tert-OH is 1. The van der Waals surface area contributed by atoms with Crippen molar-refractivity contribution >= 4 is 34.3 Å². The Labute approximate surface area is 176 Å². The molecule has 152 valence electrons. The molecule has 0 aromatic carbocycles. The fraction of sp³-hybridized carbons (Fsp3) is 0.818. The maximum Gasteiger partial charge on any atom is 0.316 e. The normalized spacial score (nSPS) is 49.7. The molecule has 2 bridgehead atoms. The highest BCUT2D eigenvalue weighted by Crippen LogP contribution is 2.67. The summed E-state index contributed by atoms with van der Waals surface area (Å²) < 4.78 is 6.30. The highest BCUT2D eigenvalue weighted by molar-refractivity contribution is 14.1. The summed E-state index contributed by atoms with van der Waals surface area (Å²) in [6.07, 6.45) is 4.69. The Morgan fingerprint density at radius 1 is 1.37 bits per heavy atom. The number of hydrogen-bond donors (Lipinski definition) is 1. The van der Waals surface area contributed by atoms with Crippen molar-refractivity contribution in [3.63, 3.8) is 0 Å². The maximum absolute atomic E-state index is 13.2. The Hall–Kier alpha value is -0.430. The molecule has 0 unspecified atom stereocenters. The molecule has 0 saturated heterocycles. The molecule has 0 radical (unpaired) electrons. The van der Waals surface area contributed by atoms with Gasteiger partial charge in [-0.3, -0.25) is 9.59 Å². The molecule has 27 heavy (non-hydrogen) atoms. The Morgan fingerprint density at radius 2 is 2.04 bits per heavy atom. The van der Waals surface area contributed by atoms with E-state index in [1.54, 1.807) is 0 Å². The van der Waals surface area contributed by atoms with Gasteiger partial charge >= 0.3 is 5.97 Å². The van der Waals surface area contributed by atoms with Gasteiger partial charge in [0, 0.05) is 23.2 Å². The first-order valence-electron chi connectivity index (χ1n) is 10.2. The van der Waals surface area contributed by atoms with Gasteiger partial charge in [0.25, 0.3) is 0 Å². The second-order valence-corrected chi connectivity index (χ2v) is 10.5. The standard InChI is InChI=1S/C22H33IO4/c1-6-20(4)11-16(27-17(25)12-23)21(5)13(2)7-9-22(14(3)19(20)26)10-8-15(24)18(21)22/h6,13-14,16,18-19,26H,1,7-12H2,2-5H3/t13-,14-,16+,18-,19-,20+,21-,22-/m0/s1. The zero-order valence-electron chi connectivity index (χ0n) is 17.0. The first-order chi connectivity index (χ1) is 12.6. The Bertz CT molecular complexity index is 648. The third-order valence-electron chi connectivity index (χ3n) is 8.68. The van der Waals surface area contributed by atoms with Gasteiger partial charge < -0.3 is 9.84 Å². The highest BCUT2D eigenvalue weighted by atomic mass is 127. The summed E-state index contributed by atoms with van der Waals surface area (Å²) in [4.78, 5) is 25.5. The lowest BCUT2D eigenvalue weighted by atomic mass is 9.44. The van der Waals surface area contributed by atoms with E-state index in [2.05, 4.69) is 27.4 Å². The number of ketones is 1. The molecule has 0 aromatic heterocycles. The van der Waals surface area contributed by atoms with Gasteiger partial charge in [-0.1, -0.05) is 56.4 Å². The van der Waals surface area contributed by atoms with Crippen LogP contribution in [0.4, 0.5) is 0 Å². The highest BCUT2D eigenvalue weighted by Gasteiger charge is 2.68. The molecule has 0 amide bonds. The van der Waals surface area contributed by atoms with E-state index >= 15 is 0 Å². The molecule has 3 saturated carbocycles. The van der Waals surface area contributed by atoms with Crippen molar-refractivity contribution in [1.29, 1.82) is 0 Å². The molecule has 3 fully saturated rings. The summed E-state index contributed by atoms with van der Waals surface area (Å²) in [5, 5.41) is 11.4. The number of hydrogen-bond acceptors (Lipinski definition) is 4. The largest absolute Gasteiger partial charge is 0.461 e. The molecule has 0 heterocycles. The molecule has 0 aromatic rings. The van der Waals surface area contributed by atoms with Crippen molar-refractivity contribution in [3.8, 4) is 0 Å². The number of alkyl halides is 1. The number of carbonyl (C=O) groups excluding carboxylic acids is 2. The van der Waals surface area contributed by atoms with Crippen LogP contribution < -0.4 is 0 Å². The van der Waals surface area contributed by atoms with Crippen LogP contribution in [-0.2, 0) is 14.3 Å². The van der Waals surface area contributed by atoms with E-state index in [4.69, 9.17) is 4.74 Å². The van der Waals surface area contributed by atoms with Gasteiger partial charge in [0.15, 0.2) is 0 Å². The summed E-state index contributed by atoms with van der Waals surface area (Å²) in [6.45, 7) is 12.5. The van der Waals surface area contributed by atoms with Gasteiger partial charge in [0.2, 0.25) is 0 Å². The smallest absolute Gasteiger partial charge is 0.316 e. The molecule has 4 nitrogen and oxygen atoms in total. The summed E-state index contributed by atoms with van der Waals surface area (Å²) in [5.41, 5.74) is -1.18. The van der Waals surface area contributed by atoms with Crippen LogP contribution in [0.1, 0.15) is 59.8 Å². The molecule has 0 aliphatic heterocycles. The molecule has 8 atom stereocenters. The minimum atomic E-state index is -0.609. The van der Waals surface area contributed by atoms with Gasteiger partial charge in [-0.25, -0.2) is 0 Å². The van der Waals surface area contributed by atoms with Crippen molar-refractivity contribution in [2.75, 3.05) is 4.43 Å². The summed E-state index contributed by atoms with van der Waals surface area (Å²) in [5.74, 6) is 0.178. The second-order valence-electron chi connectivity index (χ2n) is 9.70. The van der Waals surface area contributed by atoms with E-state index in [1.165, 1.54) is 0 Å². The number of halogens is 1. The average Bonchev–Trinajstić information content (AvgIpc) is 3.00. The maximum atomic E-state index is 13.2. The third kappa shape index (κ3) is 2.93. The predicted octanol–water partition coefficient (Wildman–Crippen LogP) is 4.33. The number of esters is 1. The Morgan fingerprint density at radius 3 is 2.63 bits per heavy atom. The molecule has 3 rings (SSSR count). The van der Waals surface area contributed by atoms with Crippen LogP contribution in [0, 0.1) is 34.0 Å². The molecular formula is C22H33IO4. The van der Waals surface area contributed by atoms with Crippen LogP contribution in [0.5, 0.6) is 0 Å². The Kier molecular flexibility index (Phi) is 5.61. The molecule has 3 aliphatic rings. The van der Waals surface area contributed by atoms with Gasteiger partial charge in [0.05, 0.1) is 10.5 Å². The van der Waals surface area contributed by atoms with Crippen LogP contribution in [0.25, 0.3) is 0 Å². The molecule has 0 spiro atoms. The van der Waals surface area contributed by atoms with Crippen LogP contribution >= 0.6 is 22.6 Å². The van der Waals surface area contributed by atoms with E-state index in [1.807, 2.05) is 35.6 Å². The topological polar surface area (TPSA) is 63.6 Å². The minimum absolute atomic E-state index is 0.00463. The van der Waals surface area contributed by atoms with Crippen molar-refractivity contribution < 1.29 is 19.4 Å². The van der Waals surface area contributed by atoms with Gasteiger partial charge in [-0.2, -0.15) is 0 Å². The van der Waals surface area contributed by atoms with E-state index in [0.29, 0.717) is 18.6 Å². The molecule has 1 N–H and O–H groups in total. The van der Waals surface area contributed by atoms with Crippen LogP contribution in [0.3, 0.4) is 0 Å². The van der Waals surface area contributed by atoms with E-state index in [9.17, 15) is 14.7 Å². The quantitative estimate of drug-likeness (QED) is 0.278. The van der Waals surface area contributed by atoms with Crippen LogP contribution in [0.2, 0.25) is 0 Å². The SMILES string of the molecule is C=C[C@]1(C)C[C@@H](OC(=O)CI)[C@@]2(C)[C@@H]3C(=O)CC[C@@]3(CC[C@@H]2C)[C@@H](C)[C@@H]1O. The molecule has 5 heteroatoms. The van der Waals surface area contributed by atoms with E-state index < -0.39 is 23.0 Å². The fourth-order valence-corrected chi connectivity index (χ4v) is 6.87. The third-order valence-corrected chi connectivity index (χ3v) is 9.31. The first-order valence-corrected chi connectivity index (χ1v) is 11.7. The zero-order valence-corrected chi connectivity index (χ0v) is 19.1. The Balaban J connectivity index is 2.21. The molecular weight excluding hydrogens is 455 g/mol. The number of rotatable bonds is 3. The summed E-state index contributed by atoms with van der Waals surface area (Å²) in [6, 6.07) is 0. The average molecular weight is 488 g/mol. The number of carbonyl (C=O) groups is 2. The van der Waals surface area contributed by atoms with Crippen molar-refractivity contribution in [3.05, 3.63) is 12.7 Å². The minimum Gasteiger partial charge on any atom is -0.461 e. The number of ether oxygens (including phenoxy) is 1. The summed E-state index contributed by atoms with van der Waals surface area (Å²) >= 11 is 2.02. The van der Waals surface area contributed by atoms with Gasteiger partial charge in [0.1, 0.15) is 11.9 Å². The summed E-state index contributed by atoms with van der Waals surface area (Å²) in [7, 11) is 0. The lowest BCUT2D eigenvalue weighted by Gasteiger charge is -2.61. The van der Waals surface area contributed by atoms with Gasteiger partial charge in [-0.15, -0.1) is 6.58 Å². The van der Waals surface area contributed by atoms with Crippen LogP contribution in [0.15, 0.2) is 12.7 Å². The number of aliphatic hydroxyl groups is 1. The first kappa shape index (κ1) is 21.3. The van der Waals surface area contributed by atoms with Crippen molar-refractivity contribution in [2.24, 2.45) is 34.0 Å². The van der Waals surface area contributed by atoms with Gasteiger partial charge in [-0.05, 0) is 42.9 Å². The lowest BCUT2D eigenvalue weighted by Crippen LogP contribution is -2.63.